The Bertz CT molecular complexity index is 785. The van der Waals surface area contributed by atoms with Crippen molar-refractivity contribution in [2.45, 2.75) is 33.2 Å². The van der Waals surface area contributed by atoms with Crippen LogP contribution in [0.1, 0.15) is 34.1 Å². The van der Waals surface area contributed by atoms with Crippen LogP contribution in [0.4, 0.5) is 0 Å². The van der Waals surface area contributed by atoms with E-state index < -0.39 is 0 Å². The lowest BCUT2D eigenvalue weighted by molar-refractivity contribution is 0.493. The minimum atomic E-state index is -0.113. The Kier molecular flexibility index (Phi) is 3.56. The molecule has 3 rings (SSSR count). The van der Waals surface area contributed by atoms with Gasteiger partial charge in [0.1, 0.15) is 11.3 Å². The van der Waals surface area contributed by atoms with Gasteiger partial charge in [0.2, 0.25) is 0 Å². The van der Waals surface area contributed by atoms with Crippen molar-refractivity contribution in [3.8, 4) is 0 Å². The smallest absolute Gasteiger partial charge is 0.134 e. The molecule has 0 radical (unpaired) electrons. The predicted molar refractivity (Wildman–Crippen MR) is 87.5 cm³/mol. The van der Waals surface area contributed by atoms with E-state index in [0.717, 1.165) is 23.2 Å². The maximum Gasteiger partial charge on any atom is 0.134 e. The quantitative estimate of drug-likeness (QED) is 0.761. The summed E-state index contributed by atoms with van der Waals surface area (Å²) in [5, 5.41) is 1.13. The van der Waals surface area contributed by atoms with Crippen molar-refractivity contribution in [1.29, 1.82) is 0 Å². The van der Waals surface area contributed by atoms with Crippen LogP contribution in [0.25, 0.3) is 11.0 Å². The van der Waals surface area contributed by atoms with Crippen LogP contribution < -0.4 is 5.73 Å². The molecular formula is C19H21NO. The van der Waals surface area contributed by atoms with Gasteiger partial charge in [-0.1, -0.05) is 35.4 Å². The number of nitrogens with two attached hydrogens (primary N) is 1. The molecule has 3 aromatic rings. The zero-order valence-corrected chi connectivity index (χ0v) is 12.8. The fourth-order valence-electron chi connectivity index (χ4n) is 2.72. The molecule has 1 aromatic heterocycles. The molecular weight excluding hydrogens is 258 g/mol. The van der Waals surface area contributed by atoms with Crippen LogP contribution in [0.2, 0.25) is 0 Å². The van der Waals surface area contributed by atoms with Crippen LogP contribution in [0.15, 0.2) is 46.9 Å². The summed E-state index contributed by atoms with van der Waals surface area (Å²) >= 11 is 0. The molecule has 1 unspecified atom stereocenters. The van der Waals surface area contributed by atoms with Gasteiger partial charge in [-0.15, -0.1) is 0 Å². The van der Waals surface area contributed by atoms with Crippen LogP contribution in [0.3, 0.4) is 0 Å². The first-order chi connectivity index (χ1) is 10.0. The van der Waals surface area contributed by atoms with E-state index in [2.05, 4.69) is 57.2 Å². The molecule has 108 valence electrons. The zero-order chi connectivity index (χ0) is 15.0. The Balaban J connectivity index is 1.89. The number of aryl methyl sites for hydroxylation is 3. The molecule has 0 aliphatic carbocycles. The van der Waals surface area contributed by atoms with Gasteiger partial charge < -0.3 is 10.2 Å². The summed E-state index contributed by atoms with van der Waals surface area (Å²) < 4.78 is 5.90. The minimum Gasteiger partial charge on any atom is -0.459 e. The highest BCUT2D eigenvalue weighted by atomic mass is 16.3. The molecule has 0 saturated heterocycles. The maximum absolute atomic E-state index is 6.35. The second-order valence-corrected chi connectivity index (χ2v) is 5.93. The minimum absolute atomic E-state index is 0.113. The summed E-state index contributed by atoms with van der Waals surface area (Å²) in [6.07, 6.45) is 0.798. The molecule has 2 heteroatoms. The lowest BCUT2D eigenvalue weighted by Crippen LogP contribution is -2.13. The molecule has 1 heterocycles. The van der Waals surface area contributed by atoms with E-state index in [1.54, 1.807) is 0 Å². The van der Waals surface area contributed by atoms with E-state index >= 15 is 0 Å². The third-order valence-corrected chi connectivity index (χ3v) is 4.00. The van der Waals surface area contributed by atoms with Crippen molar-refractivity contribution >= 4 is 11.0 Å². The number of benzene rings is 2. The molecule has 2 nitrogen and oxygen atoms in total. The summed E-state index contributed by atoms with van der Waals surface area (Å²) in [5.74, 6) is 0.858. The van der Waals surface area contributed by atoms with Crippen molar-refractivity contribution in [2.24, 2.45) is 5.73 Å². The second-order valence-electron chi connectivity index (χ2n) is 5.93. The monoisotopic (exact) mass is 279 g/mol. The van der Waals surface area contributed by atoms with Gasteiger partial charge in [0.05, 0.1) is 6.04 Å². The third-order valence-electron chi connectivity index (χ3n) is 4.00. The van der Waals surface area contributed by atoms with Gasteiger partial charge in [-0.25, -0.2) is 0 Å². The van der Waals surface area contributed by atoms with Gasteiger partial charge in [-0.05, 0) is 56.5 Å². The molecule has 0 aliphatic heterocycles. The first-order valence-corrected chi connectivity index (χ1v) is 7.35. The average molecular weight is 279 g/mol. The third kappa shape index (κ3) is 2.86. The summed E-state index contributed by atoms with van der Waals surface area (Å²) in [5.41, 5.74) is 12.3. The number of rotatable bonds is 3. The molecule has 2 aromatic carbocycles. The molecule has 2 N–H and O–H groups in total. The number of hydrogen-bond acceptors (Lipinski definition) is 2. The fourth-order valence-corrected chi connectivity index (χ4v) is 2.72. The lowest BCUT2D eigenvalue weighted by atomic mass is 9.98. The van der Waals surface area contributed by atoms with Crippen molar-refractivity contribution < 1.29 is 4.42 Å². The Hall–Kier alpha value is -2.06. The normalized spacial score (nSPS) is 12.8. The molecule has 0 spiro atoms. The van der Waals surface area contributed by atoms with Crippen molar-refractivity contribution in [2.75, 3.05) is 0 Å². The van der Waals surface area contributed by atoms with E-state index in [0.29, 0.717) is 0 Å². The molecule has 0 fully saturated rings. The average Bonchev–Trinajstić information content (AvgIpc) is 2.86. The predicted octanol–water partition coefficient (Wildman–Crippen LogP) is 4.60. The number of fused-ring (bicyclic) bond motifs is 1. The Labute approximate surface area is 125 Å². The van der Waals surface area contributed by atoms with Crippen LogP contribution in [0.5, 0.6) is 0 Å². The fraction of sp³-hybridized carbons (Fsp3) is 0.263. The molecule has 0 bridgehead atoms. The second kappa shape index (κ2) is 5.38. The van der Waals surface area contributed by atoms with Crippen LogP contribution >= 0.6 is 0 Å². The van der Waals surface area contributed by atoms with Gasteiger partial charge >= 0.3 is 0 Å². The highest BCUT2D eigenvalue weighted by molar-refractivity contribution is 5.78. The summed E-state index contributed by atoms with van der Waals surface area (Å²) in [6.45, 7) is 6.32. The van der Waals surface area contributed by atoms with Crippen molar-refractivity contribution in [1.82, 2.24) is 0 Å². The largest absolute Gasteiger partial charge is 0.459 e. The molecule has 21 heavy (non-hydrogen) atoms. The van der Waals surface area contributed by atoms with Crippen molar-refractivity contribution in [3.05, 3.63) is 70.5 Å². The molecule has 1 atom stereocenters. The first-order valence-electron chi connectivity index (χ1n) is 7.35. The Morgan fingerprint density at radius 3 is 2.48 bits per heavy atom. The Morgan fingerprint density at radius 1 is 0.952 bits per heavy atom. The van der Waals surface area contributed by atoms with Gasteiger partial charge in [-0.2, -0.15) is 0 Å². The summed E-state index contributed by atoms with van der Waals surface area (Å²) in [6, 6.07) is 14.7. The molecule has 0 saturated carbocycles. The maximum atomic E-state index is 6.35. The number of furan rings is 1. The van der Waals surface area contributed by atoms with E-state index in [1.807, 2.05) is 6.07 Å². The van der Waals surface area contributed by atoms with E-state index in [-0.39, 0.29) is 6.04 Å². The first kappa shape index (κ1) is 13.9. The number of hydrogen-bond donors (Lipinski definition) is 1. The highest BCUT2D eigenvalue weighted by Crippen LogP contribution is 2.26. The van der Waals surface area contributed by atoms with E-state index in [4.69, 9.17) is 10.2 Å². The van der Waals surface area contributed by atoms with Gasteiger partial charge in [-0.3, -0.25) is 0 Å². The van der Waals surface area contributed by atoms with E-state index in [1.165, 1.54) is 22.3 Å². The molecule has 0 aliphatic rings. The highest BCUT2D eigenvalue weighted by Gasteiger charge is 2.14. The Morgan fingerprint density at radius 2 is 1.67 bits per heavy atom. The lowest BCUT2D eigenvalue weighted by Gasteiger charge is -2.12. The SMILES string of the molecule is Cc1ccc(C)c(CC(N)c2cc3cc(C)ccc3o2)c1. The summed E-state index contributed by atoms with van der Waals surface area (Å²) in [7, 11) is 0. The summed E-state index contributed by atoms with van der Waals surface area (Å²) in [4.78, 5) is 0. The topological polar surface area (TPSA) is 39.2 Å². The molecule has 0 amide bonds. The van der Waals surface area contributed by atoms with E-state index in [9.17, 15) is 0 Å². The standard InChI is InChI=1S/C19H21NO/c1-12-4-6-14(3)15(8-12)10-17(20)19-11-16-9-13(2)5-7-18(16)21-19/h4-9,11,17H,10,20H2,1-3H3. The van der Waals surface area contributed by atoms with Crippen LogP contribution in [-0.4, -0.2) is 0 Å². The van der Waals surface area contributed by atoms with Gasteiger partial charge in [0.25, 0.3) is 0 Å². The van der Waals surface area contributed by atoms with Crippen LogP contribution in [-0.2, 0) is 6.42 Å². The van der Waals surface area contributed by atoms with Gasteiger partial charge in [0, 0.05) is 5.39 Å². The zero-order valence-electron chi connectivity index (χ0n) is 12.8. The van der Waals surface area contributed by atoms with Crippen molar-refractivity contribution in [3.63, 3.8) is 0 Å². The van der Waals surface area contributed by atoms with Crippen LogP contribution in [0, 0.1) is 20.8 Å². The van der Waals surface area contributed by atoms with Gasteiger partial charge in [0.15, 0.2) is 0 Å².